The van der Waals surface area contributed by atoms with Crippen molar-refractivity contribution in [3.8, 4) is 11.8 Å². The Morgan fingerprint density at radius 3 is 3.24 bits per heavy atom. The van der Waals surface area contributed by atoms with Crippen LogP contribution in [-0.4, -0.2) is 22.5 Å². The summed E-state index contributed by atoms with van der Waals surface area (Å²) < 4.78 is 4.79. The Labute approximate surface area is 99.0 Å². The van der Waals surface area contributed by atoms with Crippen LogP contribution in [0.4, 0.5) is 0 Å². The van der Waals surface area contributed by atoms with Crippen LogP contribution < -0.4 is 0 Å². The molecule has 0 fully saturated rings. The summed E-state index contributed by atoms with van der Waals surface area (Å²) in [6, 6.07) is 5.70. The van der Waals surface area contributed by atoms with Gasteiger partial charge in [0.2, 0.25) is 0 Å². The minimum absolute atomic E-state index is 0.106. The van der Waals surface area contributed by atoms with E-state index < -0.39 is 0 Å². The lowest BCUT2D eigenvalue weighted by atomic mass is 10.2. The topological polar surface area (TPSA) is 55.0 Å². The van der Waals surface area contributed by atoms with Crippen molar-refractivity contribution in [2.45, 2.75) is 13.3 Å². The van der Waals surface area contributed by atoms with E-state index in [9.17, 15) is 4.79 Å². The van der Waals surface area contributed by atoms with E-state index in [1.54, 1.807) is 13.3 Å². The van der Waals surface area contributed by atoms with E-state index in [0.717, 1.165) is 16.6 Å². The molecule has 0 aliphatic rings. The molecule has 0 radical (unpaired) electrons. The minimum atomic E-state index is -0.297. The third-order valence-corrected chi connectivity index (χ3v) is 2.21. The van der Waals surface area contributed by atoms with Crippen molar-refractivity contribution in [2.75, 3.05) is 6.61 Å². The molecule has 4 heteroatoms. The number of fused-ring (bicyclic) bond motifs is 1. The van der Waals surface area contributed by atoms with Crippen molar-refractivity contribution in [3.63, 3.8) is 0 Å². The Morgan fingerprint density at radius 2 is 2.41 bits per heavy atom. The molecule has 0 aliphatic heterocycles. The second-order valence-electron chi connectivity index (χ2n) is 3.39. The van der Waals surface area contributed by atoms with Crippen molar-refractivity contribution in [1.82, 2.24) is 9.97 Å². The largest absolute Gasteiger partial charge is 0.465 e. The number of hydrogen-bond donors (Lipinski definition) is 1. The zero-order valence-electron chi connectivity index (χ0n) is 9.49. The molecule has 0 spiro atoms. The normalized spacial score (nSPS) is 9.71. The maximum absolute atomic E-state index is 11.1. The molecule has 0 atom stereocenters. The average Bonchev–Trinajstić information content (AvgIpc) is 2.78. The van der Waals surface area contributed by atoms with Gasteiger partial charge in [-0.05, 0) is 19.1 Å². The number of ether oxygens (including phenoxy) is 1. The van der Waals surface area contributed by atoms with Crippen LogP contribution in [0, 0.1) is 11.8 Å². The number of hydrogen-bond acceptors (Lipinski definition) is 3. The number of para-hydroxylation sites is 1. The number of nitrogens with zero attached hydrogens (tertiary/aromatic N) is 1. The summed E-state index contributed by atoms with van der Waals surface area (Å²) in [5.41, 5.74) is 2.57. The molecule has 17 heavy (non-hydrogen) atoms. The number of benzene rings is 1. The number of rotatable bonds is 2. The van der Waals surface area contributed by atoms with E-state index in [2.05, 4.69) is 21.8 Å². The first-order valence-corrected chi connectivity index (χ1v) is 5.38. The SMILES string of the molecule is CCOC(=O)CC#Cc1cccc2[nH]cnc12. The van der Waals surface area contributed by atoms with E-state index in [4.69, 9.17) is 4.74 Å². The number of imidazole rings is 1. The van der Waals surface area contributed by atoms with Gasteiger partial charge >= 0.3 is 5.97 Å². The molecule has 86 valence electrons. The lowest BCUT2D eigenvalue weighted by molar-refractivity contribution is -0.141. The molecule has 1 N–H and O–H groups in total. The van der Waals surface area contributed by atoms with Crippen molar-refractivity contribution in [1.29, 1.82) is 0 Å². The van der Waals surface area contributed by atoms with Gasteiger partial charge in [-0.1, -0.05) is 17.9 Å². The predicted octanol–water partition coefficient (Wildman–Crippen LogP) is 1.87. The second kappa shape index (κ2) is 5.17. The van der Waals surface area contributed by atoms with Crippen molar-refractivity contribution >= 4 is 17.0 Å². The number of aromatic nitrogens is 2. The molecule has 2 aromatic rings. The van der Waals surface area contributed by atoms with Gasteiger partial charge in [0.15, 0.2) is 0 Å². The smallest absolute Gasteiger partial charge is 0.317 e. The third-order valence-electron chi connectivity index (χ3n) is 2.21. The fourth-order valence-electron chi connectivity index (χ4n) is 1.49. The van der Waals surface area contributed by atoms with E-state index in [1.807, 2.05) is 18.2 Å². The van der Waals surface area contributed by atoms with Crippen molar-refractivity contribution in [2.24, 2.45) is 0 Å². The standard InChI is InChI=1S/C13H12N2O2/c1-2-17-12(16)8-4-6-10-5-3-7-11-13(10)15-9-14-11/h3,5,7,9H,2,8H2,1H3,(H,14,15). The van der Waals surface area contributed by atoms with E-state index in [1.165, 1.54) is 0 Å². The highest BCUT2D eigenvalue weighted by atomic mass is 16.5. The molecule has 0 aliphatic carbocycles. The molecule has 0 unspecified atom stereocenters. The molecular weight excluding hydrogens is 216 g/mol. The number of nitrogens with one attached hydrogen (secondary N) is 1. The lowest BCUT2D eigenvalue weighted by Gasteiger charge is -1.95. The van der Waals surface area contributed by atoms with Crippen LogP contribution in [0.1, 0.15) is 18.9 Å². The molecule has 0 saturated heterocycles. The Hall–Kier alpha value is -2.28. The molecule has 0 bridgehead atoms. The summed E-state index contributed by atoms with van der Waals surface area (Å²) in [6.45, 7) is 2.16. The van der Waals surface area contributed by atoms with Gasteiger partial charge in [-0.2, -0.15) is 0 Å². The number of H-pyrrole nitrogens is 1. The molecule has 1 aromatic heterocycles. The molecular formula is C13H12N2O2. The summed E-state index contributed by atoms with van der Waals surface area (Å²) in [6.07, 6.45) is 1.73. The average molecular weight is 228 g/mol. The van der Waals surface area contributed by atoms with Crippen LogP contribution in [-0.2, 0) is 9.53 Å². The van der Waals surface area contributed by atoms with Gasteiger partial charge in [0.1, 0.15) is 11.9 Å². The van der Waals surface area contributed by atoms with E-state index >= 15 is 0 Å². The van der Waals surface area contributed by atoms with Crippen LogP contribution in [0.3, 0.4) is 0 Å². The summed E-state index contributed by atoms with van der Waals surface area (Å²) in [4.78, 5) is 18.3. The highest BCUT2D eigenvalue weighted by Gasteiger charge is 2.00. The maximum Gasteiger partial charge on any atom is 0.317 e. The van der Waals surface area contributed by atoms with Crippen LogP contribution >= 0.6 is 0 Å². The molecule has 0 amide bonds. The van der Waals surface area contributed by atoms with E-state index in [0.29, 0.717) is 6.61 Å². The fourth-order valence-corrected chi connectivity index (χ4v) is 1.49. The van der Waals surface area contributed by atoms with Gasteiger partial charge in [0, 0.05) is 0 Å². The van der Waals surface area contributed by atoms with Gasteiger partial charge in [-0.15, -0.1) is 0 Å². The number of aromatic amines is 1. The molecule has 0 saturated carbocycles. The zero-order valence-corrected chi connectivity index (χ0v) is 9.49. The number of carbonyl (C=O) groups is 1. The highest BCUT2D eigenvalue weighted by Crippen LogP contribution is 2.12. The third kappa shape index (κ3) is 2.64. The first kappa shape index (κ1) is 11.2. The Kier molecular flexibility index (Phi) is 3.41. The van der Waals surface area contributed by atoms with Gasteiger partial charge in [-0.3, -0.25) is 4.79 Å². The Balaban J connectivity index is 2.16. The van der Waals surface area contributed by atoms with Crippen LogP contribution in [0.2, 0.25) is 0 Å². The lowest BCUT2D eigenvalue weighted by Crippen LogP contribution is -2.01. The van der Waals surface area contributed by atoms with E-state index in [-0.39, 0.29) is 12.4 Å². The predicted molar refractivity (Wildman–Crippen MR) is 64.2 cm³/mol. The van der Waals surface area contributed by atoms with Crippen LogP contribution in [0.25, 0.3) is 11.0 Å². The summed E-state index contributed by atoms with van der Waals surface area (Å²) >= 11 is 0. The minimum Gasteiger partial charge on any atom is -0.465 e. The summed E-state index contributed by atoms with van der Waals surface area (Å²) in [7, 11) is 0. The van der Waals surface area contributed by atoms with Crippen LogP contribution in [0.5, 0.6) is 0 Å². The van der Waals surface area contributed by atoms with Crippen molar-refractivity contribution < 1.29 is 9.53 Å². The molecule has 2 rings (SSSR count). The monoisotopic (exact) mass is 228 g/mol. The Bertz CT molecular complexity index is 590. The van der Waals surface area contributed by atoms with Crippen LogP contribution in [0.15, 0.2) is 24.5 Å². The second-order valence-corrected chi connectivity index (χ2v) is 3.39. The zero-order chi connectivity index (χ0) is 12.1. The first-order chi connectivity index (χ1) is 8.31. The van der Waals surface area contributed by atoms with Crippen molar-refractivity contribution in [3.05, 3.63) is 30.1 Å². The fraction of sp³-hybridized carbons (Fsp3) is 0.231. The molecule has 1 aromatic carbocycles. The van der Waals surface area contributed by atoms with Gasteiger partial charge in [-0.25, -0.2) is 4.98 Å². The highest BCUT2D eigenvalue weighted by molar-refractivity contribution is 5.81. The maximum atomic E-state index is 11.1. The quantitative estimate of drug-likeness (QED) is 0.630. The molecule has 4 nitrogen and oxygen atoms in total. The van der Waals surface area contributed by atoms with Gasteiger partial charge < -0.3 is 9.72 Å². The van der Waals surface area contributed by atoms with Gasteiger partial charge in [0.05, 0.1) is 24.0 Å². The number of carbonyl (C=O) groups excluding carboxylic acids is 1. The number of esters is 1. The molecule has 1 heterocycles. The first-order valence-electron chi connectivity index (χ1n) is 5.38. The Morgan fingerprint density at radius 1 is 1.53 bits per heavy atom. The summed E-state index contributed by atoms with van der Waals surface area (Å²) in [5.74, 6) is 5.42. The van der Waals surface area contributed by atoms with Gasteiger partial charge in [0.25, 0.3) is 0 Å². The summed E-state index contributed by atoms with van der Waals surface area (Å²) in [5, 5.41) is 0.